The van der Waals surface area contributed by atoms with Crippen LogP contribution < -0.4 is 10.1 Å². The topological polar surface area (TPSA) is 56.8 Å². The molecule has 0 bridgehead atoms. The van der Waals surface area contributed by atoms with Crippen LogP contribution >= 0.6 is 0 Å². The number of hydrogen-bond acceptors (Lipinski definition) is 5. The Morgan fingerprint density at radius 3 is 2.36 bits per heavy atom. The van der Waals surface area contributed by atoms with E-state index < -0.39 is 35.2 Å². The van der Waals surface area contributed by atoms with Gasteiger partial charge in [-0.05, 0) is 86.9 Å². The molecule has 0 fully saturated rings. The van der Waals surface area contributed by atoms with Crippen molar-refractivity contribution in [2.45, 2.75) is 78.4 Å². The molecule has 1 N–H and O–H groups in total. The second-order valence-corrected chi connectivity index (χ2v) is 10.3. The number of carbonyl (C=O) groups excluding carboxylic acids is 1. The molecule has 4 rings (SSSR count). The SMILES string of the molecule is COC(=O)[C@@H](OC(C)(C)C)c1c(-c2cc(F)c3c(c2C)CCCO3)c(C)c2c(c1C(F)(F)F)CNC2. The number of esters is 1. The van der Waals surface area contributed by atoms with Crippen molar-refractivity contribution < 1.29 is 36.6 Å². The summed E-state index contributed by atoms with van der Waals surface area (Å²) in [6.45, 7) is 9.02. The third kappa shape index (κ3) is 4.59. The van der Waals surface area contributed by atoms with Gasteiger partial charge in [0.25, 0.3) is 0 Å². The van der Waals surface area contributed by atoms with Crippen LogP contribution in [0.2, 0.25) is 0 Å². The zero-order chi connectivity index (χ0) is 26.6. The van der Waals surface area contributed by atoms with E-state index in [0.717, 1.165) is 7.11 Å². The zero-order valence-corrected chi connectivity index (χ0v) is 21.3. The van der Waals surface area contributed by atoms with Gasteiger partial charge in [-0.2, -0.15) is 13.2 Å². The summed E-state index contributed by atoms with van der Waals surface area (Å²) in [7, 11) is 1.11. The lowest BCUT2D eigenvalue weighted by Crippen LogP contribution is -2.31. The average molecular weight is 510 g/mol. The van der Waals surface area contributed by atoms with E-state index in [1.165, 1.54) is 6.07 Å². The van der Waals surface area contributed by atoms with Crippen molar-refractivity contribution in [1.82, 2.24) is 5.32 Å². The van der Waals surface area contributed by atoms with Gasteiger partial charge in [-0.1, -0.05) is 0 Å². The number of benzene rings is 2. The number of hydrogen-bond donors (Lipinski definition) is 1. The van der Waals surface area contributed by atoms with Crippen LogP contribution in [-0.4, -0.2) is 25.3 Å². The molecule has 5 nitrogen and oxygen atoms in total. The van der Waals surface area contributed by atoms with E-state index in [4.69, 9.17) is 14.2 Å². The Morgan fingerprint density at radius 2 is 1.75 bits per heavy atom. The van der Waals surface area contributed by atoms with Crippen molar-refractivity contribution in [2.24, 2.45) is 0 Å². The molecular formula is C27H31F4NO4. The van der Waals surface area contributed by atoms with Gasteiger partial charge in [0, 0.05) is 24.2 Å². The van der Waals surface area contributed by atoms with E-state index in [1.54, 1.807) is 34.6 Å². The number of fused-ring (bicyclic) bond motifs is 2. The molecule has 196 valence electrons. The van der Waals surface area contributed by atoms with Gasteiger partial charge in [-0.25, -0.2) is 9.18 Å². The van der Waals surface area contributed by atoms with Gasteiger partial charge in [0.2, 0.25) is 0 Å². The van der Waals surface area contributed by atoms with Crippen molar-refractivity contribution in [3.8, 4) is 16.9 Å². The highest BCUT2D eigenvalue weighted by Crippen LogP contribution is 2.50. The zero-order valence-electron chi connectivity index (χ0n) is 21.3. The Balaban J connectivity index is 2.17. The third-order valence-corrected chi connectivity index (χ3v) is 6.77. The van der Waals surface area contributed by atoms with Crippen molar-refractivity contribution in [3.05, 3.63) is 50.8 Å². The molecule has 0 aromatic heterocycles. The normalized spacial score (nSPS) is 16.3. The molecule has 2 aliphatic heterocycles. The lowest BCUT2D eigenvalue weighted by atomic mass is 9.80. The van der Waals surface area contributed by atoms with Crippen LogP contribution in [0.4, 0.5) is 17.6 Å². The highest BCUT2D eigenvalue weighted by molar-refractivity contribution is 5.86. The molecule has 0 aliphatic carbocycles. The quantitative estimate of drug-likeness (QED) is 0.400. The van der Waals surface area contributed by atoms with Gasteiger partial charge in [0.15, 0.2) is 17.7 Å². The first kappa shape index (κ1) is 26.4. The minimum Gasteiger partial charge on any atom is -0.490 e. The number of alkyl halides is 3. The monoisotopic (exact) mass is 509 g/mol. The van der Waals surface area contributed by atoms with E-state index >= 15 is 4.39 Å². The molecule has 0 unspecified atom stereocenters. The van der Waals surface area contributed by atoms with Crippen LogP contribution in [0.25, 0.3) is 11.1 Å². The molecular weight excluding hydrogens is 478 g/mol. The molecule has 9 heteroatoms. The predicted octanol–water partition coefficient (Wildman–Crippen LogP) is 6.09. The second kappa shape index (κ2) is 9.34. The highest BCUT2D eigenvalue weighted by atomic mass is 19.4. The smallest absolute Gasteiger partial charge is 0.417 e. The first-order valence-corrected chi connectivity index (χ1v) is 11.9. The van der Waals surface area contributed by atoms with Gasteiger partial charge in [-0.3, -0.25) is 0 Å². The Kier molecular flexibility index (Phi) is 6.85. The molecule has 0 saturated heterocycles. The van der Waals surface area contributed by atoms with E-state index in [0.29, 0.717) is 41.7 Å². The highest BCUT2D eigenvalue weighted by Gasteiger charge is 2.45. The maximum atomic E-state index is 15.3. The van der Waals surface area contributed by atoms with Crippen LogP contribution in [0, 0.1) is 19.7 Å². The summed E-state index contributed by atoms with van der Waals surface area (Å²) >= 11 is 0. The van der Waals surface area contributed by atoms with Crippen LogP contribution in [0.5, 0.6) is 5.75 Å². The summed E-state index contributed by atoms with van der Waals surface area (Å²) in [5.41, 5.74) is 0.537. The Bertz CT molecular complexity index is 1210. The molecule has 2 aliphatic rings. The fourth-order valence-corrected chi connectivity index (χ4v) is 5.30. The molecule has 2 heterocycles. The summed E-state index contributed by atoms with van der Waals surface area (Å²) in [5, 5.41) is 3.00. The number of halogens is 4. The van der Waals surface area contributed by atoms with E-state index in [1.807, 2.05) is 0 Å². The first-order valence-electron chi connectivity index (χ1n) is 11.9. The number of rotatable bonds is 4. The Labute approximate surface area is 208 Å². The largest absolute Gasteiger partial charge is 0.490 e. The van der Waals surface area contributed by atoms with E-state index in [2.05, 4.69) is 5.32 Å². The molecule has 2 aromatic rings. The first-order chi connectivity index (χ1) is 16.8. The molecule has 1 atom stereocenters. The van der Waals surface area contributed by atoms with E-state index in [9.17, 15) is 18.0 Å². The molecule has 0 radical (unpaired) electrons. The summed E-state index contributed by atoms with van der Waals surface area (Å²) in [6.07, 6.45) is -5.27. The molecule has 2 aromatic carbocycles. The number of nitrogens with one attached hydrogen (secondary N) is 1. The van der Waals surface area contributed by atoms with E-state index in [-0.39, 0.29) is 41.1 Å². The molecule has 0 saturated carbocycles. The molecule has 36 heavy (non-hydrogen) atoms. The Morgan fingerprint density at radius 1 is 1.08 bits per heavy atom. The van der Waals surface area contributed by atoms with Gasteiger partial charge in [-0.15, -0.1) is 0 Å². The third-order valence-electron chi connectivity index (χ3n) is 6.77. The van der Waals surface area contributed by atoms with Gasteiger partial charge >= 0.3 is 12.1 Å². The summed E-state index contributed by atoms with van der Waals surface area (Å²) in [5.74, 6) is -1.47. The lowest BCUT2D eigenvalue weighted by molar-refractivity contribution is -0.166. The fourth-order valence-electron chi connectivity index (χ4n) is 5.30. The van der Waals surface area contributed by atoms with Crippen LogP contribution in [0.1, 0.15) is 72.2 Å². The standard InChI is InChI=1S/C27H31F4NO4/c1-13-15-8-7-9-35-23(15)19(28)10-16(13)20-14(2)17-11-32-12-18(17)22(27(29,30)31)21(20)24(25(33)34-6)36-26(3,4)5/h10,24,32H,7-9,11-12H2,1-6H3/t24-/m0/s1. The summed E-state index contributed by atoms with van der Waals surface area (Å²) < 4.78 is 76.2. The minimum atomic E-state index is -4.80. The summed E-state index contributed by atoms with van der Waals surface area (Å²) in [4.78, 5) is 13.0. The van der Waals surface area contributed by atoms with Gasteiger partial charge < -0.3 is 19.5 Å². The number of ether oxygens (including phenoxy) is 3. The Hall–Kier alpha value is -2.65. The van der Waals surface area contributed by atoms with Crippen LogP contribution in [0.3, 0.4) is 0 Å². The second-order valence-electron chi connectivity index (χ2n) is 10.3. The maximum absolute atomic E-state index is 15.3. The molecule has 0 spiro atoms. The van der Waals surface area contributed by atoms with Crippen LogP contribution in [0.15, 0.2) is 6.07 Å². The van der Waals surface area contributed by atoms with Crippen molar-refractivity contribution in [1.29, 1.82) is 0 Å². The van der Waals surface area contributed by atoms with Gasteiger partial charge in [0.05, 0.1) is 24.9 Å². The maximum Gasteiger partial charge on any atom is 0.417 e. The number of methoxy groups -OCH3 is 1. The minimum absolute atomic E-state index is 0.00687. The number of carbonyl (C=O) groups is 1. The van der Waals surface area contributed by atoms with Crippen molar-refractivity contribution in [2.75, 3.05) is 13.7 Å². The van der Waals surface area contributed by atoms with Crippen molar-refractivity contribution >= 4 is 5.97 Å². The molecule has 0 amide bonds. The summed E-state index contributed by atoms with van der Waals surface area (Å²) in [6, 6.07) is 1.21. The lowest BCUT2D eigenvalue weighted by Gasteiger charge is -2.32. The van der Waals surface area contributed by atoms with Crippen molar-refractivity contribution in [3.63, 3.8) is 0 Å². The predicted molar refractivity (Wildman–Crippen MR) is 126 cm³/mol. The van der Waals surface area contributed by atoms with Gasteiger partial charge in [0.1, 0.15) is 0 Å². The average Bonchev–Trinajstić information content (AvgIpc) is 3.28. The fraction of sp³-hybridized carbons (Fsp3) is 0.519. The van der Waals surface area contributed by atoms with Crippen LogP contribution in [-0.2, 0) is 40.0 Å².